The minimum absolute atomic E-state index is 0.275. The van der Waals surface area contributed by atoms with E-state index in [4.69, 9.17) is 5.11 Å². The van der Waals surface area contributed by atoms with E-state index in [9.17, 15) is 9.59 Å². The Morgan fingerprint density at radius 3 is 3.00 bits per heavy atom. The predicted molar refractivity (Wildman–Crippen MR) is 43.4 cm³/mol. The molecule has 0 saturated carbocycles. The summed E-state index contributed by atoms with van der Waals surface area (Å²) in [4.78, 5) is 25.9. The normalized spacial score (nSPS) is 20.0. The molecule has 1 aromatic rings. The molecule has 0 amide bonds. The van der Waals surface area contributed by atoms with Crippen molar-refractivity contribution in [1.82, 2.24) is 4.98 Å². The maximum absolute atomic E-state index is 11.4. The van der Waals surface area contributed by atoms with Crippen LogP contribution in [0.15, 0.2) is 18.5 Å². The molecule has 0 spiro atoms. The van der Waals surface area contributed by atoms with Gasteiger partial charge in [0, 0.05) is 18.0 Å². The van der Waals surface area contributed by atoms with E-state index < -0.39 is 11.9 Å². The molecule has 4 nitrogen and oxygen atoms in total. The number of aliphatic carboxylic acids is 1. The van der Waals surface area contributed by atoms with Crippen molar-refractivity contribution in [1.29, 1.82) is 0 Å². The van der Waals surface area contributed by atoms with Gasteiger partial charge < -0.3 is 5.11 Å². The van der Waals surface area contributed by atoms with E-state index in [1.165, 1.54) is 6.20 Å². The van der Waals surface area contributed by atoms with Crippen LogP contribution in [-0.2, 0) is 11.2 Å². The topological polar surface area (TPSA) is 67.3 Å². The monoisotopic (exact) mass is 177 g/mol. The van der Waals surface area contributed by atoms with Crippen LogP contribution in [0.1, 0.15) is 15.9 Å². The van der Waals surface area contributed by atoms with Gasteiger partial charge in [0.2, 0.25) is 0 Å². The number of carboxylic acid groups (broad SMARTS) is 1. The van der Waals surface area contributed by atoms with Gasteiger partial charge in [0.1, 0.15) is 5.92 Å². The summed E-state index contributed by atoms with van der Waals surface area (Å²) in [6.07, 6.45) is 3.33. The minimum atomic E-state index is -1.05. The molecule has 66 valence electrons. The van der Waals surface area contributed by atoms with Gasteiger partial charge in [-0.15, -0.1) is 0 Å². The summed E-state index contributed by atoms with van der Waals surface area (Å²) in [7, 11) is 0. The highest BCUT2D eigenvalue weighted by Crippen LogP contribution is 2.25. The predicted octanol–water partition coefficient (Wildman–Crippen LogP) is 0.521. The van der Waals surface area contributed by atoms with Gasteiger partial charge >= 0.3 is 5.97 Å². The number of rotatable bonds is 1. The number of Topliss-reactive ketones (excluding diaryl/α,β-unsaturated/α-hetero) is 1. The Morgan fingerprint density at radius 2 is 2.38 bits per heavy atom. The number of carboxylic acids is 1. The molecule has 1 aliphatic carbocycles. The molecule has 0 aromatic carbocycles. The van der Waals surface area contributed by atoms with Crippen molar-refractivity contribution in [3.63, 3.8) is 0 Å². The fourth-order valence-corrected chi connectivity index (χ4v) is 1.53. The van der Waals surface area contributed by atoms with Crippen LogP contribution in [0.5, 0.6) is 0 Å². The summed E-state index contributed by atoms with van der Waals surface area (Å²) < 4.78 is 0. The number of carbonyl (C=O) groups excluding carboxylic acids is 1. The van der Waals surface area contributed by atoms with Gasteiger partial charge in [-0.1, -0.05) is 0 Å². The SMILES string of the molecule is O=C(O)C1Cc2cnccc2C1=O. The van der Waals surface area contributed by atoms with E-state index in [2.05, 4.69) is 4.98 Å². The van der Waals surface area contributed by atoms with Crippen LogP contribution in [0.2, 0.25) is 0 Å². The highest BCUT2D eigenvalue weighted by molar-refractivity contribution is 6.11. The minimum Gasteiger partial charge on any atom is -0.481 e. The Kier molecular flexibility index (Phi) is 1.62. The van der Waals surface area contributed by atoms with Crippen LogP contribution >= 0.6 is 0 Å². The fraction of sp³-hybridized carbons (Fsp3) is 0.222. The molecule has 1 atom stereocenters. The Labute approximate surface area is 74.2 Å². The largest absolute Gasteiger partial charge is 0.481 e. The Hall–Kier alpha value is -1.71. The lowest BCUT2D eigenvalue weighted by Crippen LogP contribution is -2.19. The van der Waals surface area contributed by atoms with Crippen molar-refractivity contribution in [2.75, 3.05) is 0 Å². The number of fused-ring (bicyclic) bond motifs is 1. The van der Waals surface area contributed by atoms with E-state index in [1.54, 1.807) is 12.3 Å². The van der Waals surface area contributed by atoms with Gasteiger partial charge in [0.25, 0.3) is 0 Å². The van der Waals surface area contributed by atoms with Crippen LogP contribution in [-0.4, -0.2) is 21.8 Å². The molecule has 13 heavy (non-hydrogen) atoms. The molecule has 1 unspecified atom stereocenters. The van der Waals surface area contributed by atoms with Crippen molar-refractivity contribution >= 4 is 11.8 Å². The third kappa shape index (κ3) is 1.11. The molecular formula is C9H7NO3. The molecule has 2 rings (SSSR count). The zero-order valence-electron chi connectivity index (χ0n) is 6.73. The first-order chi connectivity index (χ1) is 6.20. The number of carbonyl (C=O) groups is 2. The van der Waals surface area contributed by atoms with E-state index in [0.29, 0.717) is 5.56 Å². The Bertz CT molecular complexity index is 386. The zero-order chi connectivity index (χ0) is 9.42. The van der Waals surface area contributed by atoms with Gasteiger partial charge in [-0.05, 0) is 18.1 Å². The van der Waals surface area contributed by atoms with E-state index in [1.807, 2.05) is 0 Å². The maximum Gasteiger partial charge on any atom is 0.314 e. The molecule has 0 aliphatic heterocycles. The number of hydrogen-bond acceptors (Lipinski definition) is 3. The molecule has 1 aromatic heterocycles. The number of ketones is 1. The number of pyridine rings is 1. The van der Waals surface area contributed by atoms with Crippen molar-refractivity contribution in [2.45, 2.75) is 6.42 Å². The number of nitrogens with zero attached hydrogens (tertiary/aromatic N) is 1. The van der Waals surface area contributed by atoms with Crippen LogP contribution in [0.3, 0.4) is 0 Å². The summed E-state index contributed by atoms with van der Waals surface area (Å²) >= 11 is 0. The Balaban J connectivity index is 2.44. The zero-order valence-corrected chi connectivity index (χ0v) is 6.73. The summed E-state index contributed by atoms with van der Waals surface area (Å²) in [5.41, 5.74) is 1.24. The van der Waals surface area contributed by atoms with Gasteiger partial charge in [0.15, 0.2) is 5.78 Å². The molecule has 0 fully saturated rings. The van der Waals surface area contributed by atoms with Gasteiger partial charge in [-0.3, -0.25) is 14.6 Å². The van der Waals surface area contributed by atoms with E-state index in [-0.39, 0.29) is 12.2 Å². The average molecular weight is 177 g/mol. The Morgan fingerprint density at radius 1 is 1.62 bits per heavy atom. The second kappa shape index (κ2) is 2.65. The standard InChI is InChI=1S/C9H7NO3/c11-8-6-1-2-10-4-5(6)3-7(8)9(12)13/h1-2,4,7H,3H2,(H,12,13). The molecule has 0 bridgehead atoms. The third-order valence-electron chi connectivity index (χ3n) is 2.21. The second-order valence-corrected chi connectivity index (χ2v) is 2.99. The highest BCUT2D eigenvalue weighted by atomic mass is 16.4. The lowest BCUT2D eigenvalue weighted by Gasteiger charge is -1.97. The fourth-order valence-electron chi connectivity index (χ4n) is 1.53. The first kappa shape index (κ1) is 7.91. The molecular weight excluding hydrogens is 170 g/mol. The molecule has 0 radical (unpaired) electrons. The van der Waals surface area contributed by atoms with Crippen LogP contribution in [0.4, 0.5) is 0 Å². The van der Waals surface area contributed by atoms with E-state index in [0.717, 1.165) is 5.56 Å². The summed E-state index contributed by atoms with van der Waals surface area (Å²) in [6.45, 7) is 0. The van der Waals surface area contributed by atoms with Crippen molar-refractivity contribution in [3.05, 3.63) is 29.6 Å². The average Bonchev–Trinajstić information content (AvgIpc) is 2.45. The van der Waals surface area contributed by atoms with Crippen molar-refractivity contribution in [3.8, 4) is 0 Å². The van der Waals surface area contributed by atoms with Crippen molar-refractivity contribution < 1.29 is 14.7 Å². The maximum atomic E-state index is 11.4. The first-order valence-corrected chi connectivity index (χ1v) is 3.90. The van der Waals surface area contributed by atoms with Crippen LogP contribution in [0.25, 0.3) is 0 Å². The smallest absolute Gasteiger partial charge is 0.314 e. The molecule has 1 N–H and O–H groups in total. The molecule has 4 heteroatoms. The van der Waals surface area contributed by atoms with Gasteiger partial charge in [0.05, 0.1) is 0 Å². The van der Waals surface area contributed by atoms with E-state index >= 15 is 0 Å². The van der Waals surface area contributed by atoms with Gasteiger partial charge in [-0.2, -0.15) is 0 Å². The van der Waals surface area contributed by atoms with Crippen LogP contribution in [0, 0.1) is 5.92 Å². The molecule has 0 saturated heterocycles. The third-order valence-corrected chi connectivity index (χ3v) is 2.21. The van der Waals surface area contributed by atoms with Gasteiger partial charge in [-0.25, -0.2) is 0 Å². The molecule has 1 aliphatic rings. The van der Waals surface area contributed by atoms with Crippen molar-refractivity contribution in [2.24, 2.45) is 5.92 Å². The lowest BCUT2D eigenvalue weighted by molar-refractivity contribution is -0.139. The summed E-state index contributed by atoms with van der Waals surface area (Å²) in [6, 6.07) is 1.57. The molecule has 1 heterocycles. The lowest BCUT2D eigenvalue weighted by atomic mass is 10.1. The summed E-state index contributed by atoms with van der Waals surface area (Å²) in [5, 5.41) is 8.71. The quantitative estimate of drug-likeness (QED) is 0.635. The second-order valence-electron chi connectivity index (χ2n) is 2.99. The number of hydrogen-bond donors (Lipinski definition) is 1. The van der Waals surface area contributed by atoms with Crippen LogP contribution < -0.4 is 0 Å². The highest BCUT2D eigenvalue weighted by Gasteiger charge is 2.35. The summed E-state index contributed by atoms with van der Waals surface area (Å²) in [5.74, 6) is -2.26. The number of aromatic nitrogens is 1. The first-order valence-electron chi connectivity index (χ1n) is 3.90.